The van der Waals surface area contributed by atoms with Crippen LogP contribution in [-0.2, 0) is 0 Å². The number of carbonyl (C=O) groups is 1. The Morgan fingerprint density at radius 1 is 1.16 bits per heavy atom. The van der Waals surface area contributed by atoms with E-state index in [9.17, 15) is 14.9 Å². The molecule has 1 aliphatic heterocycles. The third-order valence-corrected chi connectivity index (χ3v) is 4.67. The highest BCUT2D eigenvalue weighted by Crippen LogP contribution is 2.28. The Bertz CT molecular complexity index is 792. The largest absolute Gasteiger partial charge is 0.329 e. The standard InChI is InChI=1S/C19H21N3O3/c1-14-12-16(8-9-17(14)22(24)25)19(23)21-11-10-20(2)13-18(21)15-6-4-3-5-7-15/h3-9,12,18H,10-11,13H2,1-2H3. The average molecular weight is 339 g/mol. The van der Waals surface area contributed by atoms with Crippen LogP contribution in [0.5, 0.6) is 0 Å². The summed E-state index contributed by atoms with van der Waals surface area (Å²) in [6.45, 7) is 3.86. The van der Waals surface area contributed by atoms with E-state index in [0.29, 0.717) is 17.7 Å². The third-order valence-electron chi connectivity index (χ3n) is 4.67. The fraction of sp³-hybridized carbons (Fsp3) is 0.316. The van der Waals surface area contributed by atoms with E-state index in [4.69, 9.17) is 0 Å². The van der Waals surface area contributed by atoms with Crippen LogP contribution in [0.4, 0.5) is 5.69 Å². The number of hydrogen-bond donors (Lipinski definition) is 0. The van der Waals surface area contributed by atoms with E-state index in [1.807, 2.05) is 42.3 Å². The van der Waals surface area contributed by atoms with E-state index in [0.717, 1.165) is 18.7 Å². The molecule has 0 N–H and O–H groups in total. The first-order valence-corrected chi connectivity index (χ1v) is 8.27. The van der Waals surface area contributed by atoms with E-state index < -0.39 is 4.92 Å². The summed E-state index contributed by atoms with van der Waals surface area (Å²) in [5.41, 5.74) is 2.13. The molecule has 2 aromatic rings. The molecule has 0 bridgehead atoms. The van der Waals surface area contributed by atoms with E-state index >= 15 is 0 Å². The fourth-order valence-corrected chi connectivity index (χ4v) is 3.28. The second-order valence-corrected chi connectivity index (χ2v) is 6.45. The van der Waals surface area contributed by atoms with E-state index in [2.05, 4.69) is 4.90 Å². The molecule has 3 rings (SSSR count). The highest BCUT2D eigenvalue weighted by atomic mass is 16.6. The van der Waals surface area contributed by atoms with Crippen LogP contribution in [0.2, 0.25) is 0 Å². The van der Waals surface area contributed by atoms with Crippen molar-refractivity contribution in [2.24, 2.45) is 0 Å². The van der Waals surface area contributed by atoms with Crippen LogP contribution in [-0.4, -0.2) is 47.3 Å². The van der Waals surface area contributed by atoms with Crippen molar-refractivity contribution in [1.82, 2.24) is 9.80 Å². The Kier molecular flexibility index (Phi) is 4.81. The molecule has 1 fully saturated rings. The predicted octanol–water partition coefficient (Wildman–Crippen LogP) is 3.03. The Hall–Kier alpha value is -2.73. The van der Waals surface area contributed by atoms with Crippen LogP contribution in [0.15, 0.2) is 48.5 Å². The smallest absolute Gasteiger partial charge is 0.272 e. The number of piperazine rings is 1. The molecule has 130 valence electrons. The number of hydrogen-bond acceptors (Lipinski definition) is 4. The van der Waals surface area contributed by atoms with Gasteiger partial charge in [0.05, 0.1) is 11.0 Å². The summed E-state index contributed by atoms with van der Waals surface area (Å²) in [5, 5.41) is 11.0. The highest BCUT2D eigenvalue weighted by Gasteiger charge is 2.31. The van der Waals surface area contributed by atoms with Gasteiger partial charge >= 0.3 is 0 Å². The van der Waals surface area contributed by atoms with Crippen molar-refractivity contribution >= 4 is 11.6 Å². The predicted molar refractivity (Wildman–Crippen MR) is 95.5 cm³/mol. The molecule has 0 aliphatic carbocycles. The number of nitro benzene ring substituents is 1. The lowest BCUT2D eigenvalue weighted by molar-refractivity contribution is -0.385. The average Bonchev–Trinajstić information content (AvgIpc) is 2.61. The number of benzene rings is 2. The molecule has 0 aromatic heterocycles. The van der Waals surface area contributed by atoms with E-state index in [1.165, 1.54) is 6.07 Å². The number of aryl methyl sites for hydroxylation is 1. The van der Waals surface area contributed by atoms with Gasteiger partial charge in [0.25, 0.3) is 11.6 Å². The van der Waals surface area contributed by atoms with E-state index in [1.54, 1.807) is 19.1 Å². The van der Waals surface area contributed by atoms with Crippen molar-refractivity contribution in [1.29, 1.82) is 0 Å². The molecule has 1 saturated heterocycles. The van der Waals surface area contributed by atoms with Gasteiger partial charge < -0.3 is 9.80 Å². The summed E-state index contributed by atoms with van der Waals surface area (Å²) >= 11 is 0. The van der Waals surface area contributed by atoms with Crippen molar-refractivity contribution < 1.29 is 9.72 Å². The zero-order valence-corrected chi connectivity index (χ0v) is 14.4. The van der Waals surface area contributed by atoms with Gasteiger partial charge in [0.2, 0.25) is 0 Å². The summed E-state index contributed by atoms with van der Waals surface area (Å²) in [6, 6.07) is 14.5. The van der Waals surface area contributed by atoms with Crippen LogP contribution in [0, 0.1) is 17.0 Å². The molecule has 6 heteroatoms. The van der Waals surface area contributed by atoms with Gasteiger partial charge in [0, 0.05) is 36.8 Å². The second-order valence-electron chi connectivity index (χ2n) is 6.45. The molecule has 1 heterocycles. The lowest BCUT2D eigenvalue weighted by Crippen LogP contribution is -2.49. The first-order chi connectivity index (χ1) is 12.0. The van der Waals surface area contributed by atoms with Gasteiger partial charge in [-0.1, -0.05) is 30.3 Å². The monoisotopic (exact) mass is 339 g/mol. The van der Waals surface area contributed by atoms with Gasteiger partial charge in [0.15, 0.2) is 0 Å². The molecule has 0 saturated carbocycles. The van der Waals surface area contributed by atoms with Crippen molar-refractivity contribution in [3.05, 3.63) is 75.3 Å². The molecule has 25 heavy (non-hydrogen) atoms. The minimum absolute atomic E-state index is 0.0250. The Balaban J connectivity index is 1.91. The molecule has 1 unspecified atom stereocenters. The van der Waals surface area contributed by atoms with Crippen molar-refractivity contribution in [2.45, 2.75) is 13.0 Å². The lowest BCUT2D eigenvalue weighted by Gasteiger charge is -2.40. The Labute approximate surface area is 146 Å². The van der Waals surface area contributed by atoms with Gasteiger partial charge in [0.1, 0.15) is 0 Å². The quantitative estimate of drug-likeness (QED) is 0.637. The first-order valence-electron chi connectivity index (χ1n) is 8.27. The maximum absolute atomic E-state index is 13.1. The van der Waals surface area contributed by atoms with E-state index in [-0.39, 0.29) is 17.6 Å². The number of nitro groups is 1. The summed E-state index contributed by atoms with van der Waals surface area (Å²) in [6.07, 6.45) is 0. The molecule has 2 aromatic carbocycles. The number of amides is 1. The van der Waals surface area contributed by atoms with Gasteiger partial charge in [-0.3, -0.25) is 14.9 Å². The Morgan fingerprint density at radius 2 is 1.88 bits per heavy atom. The number of nitrogens with zero attached hydrogens (tertiary/aromatic N) is 3. The summed E-state index contributed by atoms with van der Waals surface area (Å²) in [4.78, 5) is 27.7. The molecule has 1 atom stereocenters. The van der Waals surface area contributed by atoms with Gasteiger partial charge in [-0.25, -0.2) is 0 Å². The first kappa shape index (κ1) is 17.1. The molecule has 6 nitrogen and oxygen atoms in total. The van der Waals surface area contributed by atoms with Gasteiger partial charge in [-0.2, -0.15) is 0 Å². The van der Waals surface area contributed by atoms with Crippen LogP contribution in [0.3, 0.4) is 0 Å². The topological polar surface area (TPSA) is 66.7 Å². The number of likely N-dealkylation sites (N-methyl/N-ethyl adjacent to an activating group) is 1. The summed E-state index contributed by atoms with van der Waals surface area (Å²) < 4.78 is 0. The van der Waals surface area contributed by atoms with Crippen LogP contribution in [0.1, 0.15) is 27.5 Å². The zero-order valence-electron chi connectivity index (χ0n) is 14.4. The maximum Gasteiger partial charge on any atom is 0.272 e. The second kappa shape index (κ2) is 7.03. The zero-order chi connectivity index (χ0) is 18.0. The van der Waals surface area contributed by atoms with Gasteiger partial charge in [-0.05, 0) is 31.7 Å². The molecule has 1 aliphatic rings. The third kappa shape index (κ3) is 3.53. The molecular formula is C19H21N3O3. The normalized spacial score (nSPS) is 18.2. The summed E-state index contributed by atoms with van der Waals surface area (Å²) in [7, 11) is 2.05. The SMILES string of the molecule is Cc1cc(C(=O)N2CCN(C)CC2c2ccccc2)ccc1[N+](=O)[O-]. The van der Waals surface area contributed by atoms with Gasteiger partial charge in [-0.15, -0.1) is 0 Å². The minimum atomic E-state index is -0.424. The molecule has 0 radical (unpaired) electrons. The number of rotatable bonds is 3. The van der Waals surface area contributed by atoms with Crippen molar-refractivity contribution in [3.8, 4) is 0 Å². The number of carbonyl (C=O) groups excluding carboxylic acids is 1. The van der Waals surface area contributed by atoms with Crippen LogP contribution < -0.4 is 0 Å². The van der Waals surface area contributed by atoms with Crippen LogP contribution in [0.25, 0.3) is 0 Å². The van der Waals surface area contributed by atoms with Crippen LogP contribution >= 0.6 is 0 Å². The fourth-order valence-electron chi connectivity index (χ4n) is 3.28. The van der Waals surface area contributed by atoms with Crippen molar-refractivity contribution in [3.63, 3.8) is 0 Å². The molecular weight excluding hydrogens is 318 g/mol. The lowest BCUT2D eigenvalue weighted by atomic mass is 10.0. The molecule has 0 spiro atoms. The minimum Gasteiger partial charge on any atom is -0.329 e. The maximum atomic E-state index is 13.1. The van der Waals surface area contributed by atoms with Crippen molar-refractivity contribution in [2.75, 3.05) is 26.7 Å². The Morgan fingerprint density at radius 3 is 2.52 bits per heavy atom. The molecule has 1 amide bonds. The summed E-state index contributed by atoms with van der Waals surface area (Å²) in [5.74, 6) is -0.0834. The highest BCUT2D eigenvalue weighted by molar-refractivity contribution is 5.95.